The lowest BCUT2D eigenvalue weighted by molar-refractivity contribution is -0.119. The number of sulfonamides is 1. The molecule has 1 aliphatic rings. The van der Waals surface area contributed by atoms with E-state index < -0.39 is 16.1 Å². The fraction of sp³-hybridized carbons (Fsp3) is 0.294. The average molecular weight is 413 g/mol. The van der Waals surface area contributed by atoms with Crippen LogP contribution in [0.2, 0.25) is 4.34 Å². The van der Waals surface area contributed by atoms with Crippen LogP contribution in [0.4, 0.5) is 5.69 Å². The number of rotatable bonds is 5. The van der Waals surface area contributed by atoms with Gasteiger partial charge in [0.2, 0.25) is 5.91 Å². The first-order chi connectivity index (χ1) is 12.3. The van der Waals surface area contributed by atoms with E-state index in [0.29, 0.717) is 35.0 Å². The van der Waals surface area contributed by atoms with Crippen molar-refractivity contribution in [3.63, 3.8) is 0 Å². The van der Waals surface area contributed by atoms with Crippen LogP contribution in [0.1, 0.15) is 30.1 Å². The molecule has 0 radical (unpaired) electrons. The minimum Gasteiger partial charge on any atom is -0.325 e. The summed E-state index contributed by atoms with van der Waals surface area (Å²) in [6.07, 6.45) is 1.06. The fourth-order valence-corrected chi connectivity index (χ4v) is 6.12. The van der Waals surface area contributed by atoms with E-state index in [2.05, 4.69) is 5.32 Å². The van der Waals surface area contributed by atoms with Gasteiger partial charge in [0.1, 0.15) is 10.3 Å². The van der Waals surface area contributed by atoms with Gasteiger partial charge in [-0.15, -0.1) is 11.3 Å². The molecule has 26 heavy (non-hydrogen) atoms. The maximum atomic E-state index is 12.8. The lowest BCUT2D eigenvalue weighted by Gasteiger charge is -2.22. The number of carbonyl (C=O) groups excluding carboxylic acids is 2. The van der Waals surface area contributed by atoms with Gasteiger partial charge in [0, 0.05) is 17.8 Å². The molecule has 1 aromatic carbocycles. The standard InChI is InChI=1S/C17H17ClN2O4S2/c1-11(21)12-4-6-13(7-5-12)19-17(22)14-3-2-10-20(14)26(23,24)16-9-8-15(18)25-16/h4-9,14H,2-3,10H2,1H3,(H,19,22)/t14-/m1/s1. The summed E-state index contributed by atoms with van der Waals surface area (Å²) in [7, 11) is -3.76. The van der Waals surface area contributed by atoms with E-state index in [1.54, 1.807) is 24.3 Å². The molecule has 1 saturated heterocycles. The van der Waals surface area contributed by atoms with Crippen LogP contribution < -0.4 is 5.32 Å². The molecule has 2 aromatic rings. The Morgan fingerprint density at radius 1 is 1.19 bits per heavy atom. The Morgan fingerprint density at radius 2 is 1.88 bits per heavy atom. The van der Waals surface area contributed by atoms with E-state index in [0.717, 1.165) is 11.3 Å². The first kappa shape index (κ1) is 19.0. The lowest BCUT2D eigenvalue weighted by atomic mass is 10.1. The second-order valence-corrected chi connectivity index (χ2v) is 9.79. The topological polar surface area (TPSA) is 83.6 Å². The van der Waals surface area contributed by atoms with Gasteiger partial charge in [-0.1, -0.05) is 11.6 Å². The molecule has 9 heteroatoms. The van der Waals surface area contributed by atoms with E-state index in [1.807, 2.05) is 0 Å². The number of carbonyl (C=O) groups is 2. The predicted octanol–water partition coefficient (Wildman–Crippen LogP) is 3.40. The van der Waals surface area contributed by atoms with Gasteiger partial charge in [0.05, 0.1) is 4.34 Å². The van der Waals surface area contributed by atoms with E-state index in [-0.39, 0.29) is 15.9 Å². The molecule has 1 aliphatic heterocycles. The van der Waals surface area contributed by atoms with E-state index in [1.165, 1.54) is 23.4 Å². The van der Waals surface area contributed by atoms with Gasteiger partial charge in [-0.3, -0.25) is 9.59 Å². The van der Waals surface area contributed by atoms with Crippen molar-refractivity contribution in [3.8, 4) is 0 Å². The summed E-state index contributed by atoms with van der Waals surface area (Å²) in [5, 5.41) is 2.73. The van der Waals surface area contributed by atoms with Crippen LogP contribution in [0.25, 0.3) is 0 Å². The third-order valence-electron chi connectivity index (χ3n) is 4.18. The third kappa shape index (κ3) is 3.83. The molecule has 3 rings (SSSR count). The zero-order valence-corrected chi connectivity index (χ0v) is 16.3. The Hall–Kier alpha value is -1.74. The van der Waals surface area contributed by atoms with Crippen molar-refractivity contribution in [2.24, 2.45) is 0 Å². The molecule has 2 heterocycles. The minimum atomic E-state index is -3.76. The van der Waals surface area contributed by atoms with E-state index in [9.17, 15) is 18.0 Å². The maximum Gasteiger partial charge on any atom is 0.253 e. The van der Waals surface area contributed by atoms with Crippen LogP contribution in [0.15, 0.2) is 40.6 Å². The van der Waals surface area contributed by atoms with Crippen LogP contribution >= 0.6 is 22.9 Å². The van der Waals surface area contributed by atoms with E-state index >= 15 is 0 Å². The summed E-state index contributed by atoms with van der Waals surface area (Å²) in [6, 6.07) is 8.71. The molecule has 0 aliphatic carbocycles. The summed E-state index contributed by atoms with van der Waals surface area (Å²) < 4.78 is 27.3. The number of hydrogen-bond donors (Lipinski definition) is 1. The number of benzene rings is 1. The Balaban J connectivity index is 1.77. The van der Waals surface area contributed by atoms with Crippen molar-refractivity contribution >= 4 is 50.3 Å². The van der Waals surface area contributed by atoms with Gasteiger partial charge < -0.3 is 5.32 Å². The van der Waals surface area contributed by atoms with Crippen molar-refractivity contribution in [2.45, 2.75) is 30.0 Å². The van der Waals surface area contributed by atoms with Crippen molar-refractivity contribution in [3.05, 3.63) is 46.3 Å². The highest BCUT2D eigenvalue weighted by Crippen LogP contribution is 2.32. The second kappa shape index (κ2) is 7.48. The Kier molecular flexibility index (Phi) is 5.47. The third-order valence-corrected chi connectivity index (χ3v) is 7.78. The predicted molar refractivity (Wildman–Crippen MR) is 101 cm³/mol. The molecule has 1 aromatic heterocycles. The first-order valence-electron chi connectivity index (χ1n) is 7.98. The number of nitrogens with one attached hydrogen (secondary N) is 1. The molecular weight excluding hydrogens is 396 g/mol. The molecule has 1 N–H and O–H groups in total. The second-order valence-electron chi connectivity index (χ2n) is 5.96. The van der Waals surface area contributed by atoms with Crippen LogP contribution in [-0.4, -0.2) is 37.0 Å². The Bertz CT molecular complexity index is 938. The van der Waals surface area contributed by atoms with Gasteiger partial charge in [-0.05, 0) is 56.2 Å². The van der Waals surface area contributed by atoms with Crippen molar-refractivity contribution in [1.29, 1.82) is 0 Å². The largest absolute Gasteiger partial charge is 0.325 e. The highest BCUT2D eigenvalue weighted by Gasteiger charge is 2.40. The minimum absolute atomic E-state index is 0.0643. The molecule has 6 nitrogen and oxygen atoms in total. The number of hydrogen-bond acceptors (Lipinski definition) is 5. The van der Waals surface area contributed by atoms with Gasteiger partial charge >= 0.3 is 0 Å². The number of ketones is 1. The summed E-state index contributed by atoms with van der Waals surface area (Å²) in [4.78, 5) is 23.9. The molecule has 1 atom stereocenters. The SMILES string of the molecule is CC(=O)c1ccc(NC(=O)[C@H]2CCCN2S(=O)(=O)c2ccc(Cl)s2)cc1. The zero-order valence-electron chi connectivity index (χ0n) is 13.9. The summed E-state index contributed by atoms with van der Waals surface area (Å²) in [5.74, 6) is -0.449. The molecule has 0 bridgehead atoms. The molecule has 138 valence electrons. The normalized spacial score (nSPS) is 18.0. The van der Waals surface area contributed by atoms with Crippen LogP contribution in [-0.2, 0) is 14.8 Å². The van der Waals surface area contributed by atoms with Crippen LogP contribution in [0, 0.1) is 0 Å². The number of Topliss-reactive ketones (excluding diaryl/α,β-unsaturated/α-hetero) is 1. The number of nitrogens with zero attached hydrogens (tertiary/aromatic N) is 1. The summed E-state index contributed by atoms with van der Waals surface area (Å²) in [5.41, 5.74) is 1.06. The quantitative estimate of drug-likeness (QED) is 0.763. The molecular formula is C17H17ClN2O4S2. The molecule has 1 amide bonds. The highest BCUT2D eigenvalue weighted by atomic mass is 35.5. The van der Waals surface area contributed by atoms with Crippen LogP contribution in [0.3, 0.4) is 0 Å². The van der Waals surface area contributed by atoms with Gasteiger partial charge in [0.25, 0.3) is 10.0 Å². The van der Waals surface area contributed by atoms with Crippen LogP contribution in [0.5, 0.6) is 0 Å². The number of thiophene rings is 1. The van der Waals surface area contributed by atoms with E-state index in [4.69, 9.17) is 11.6 Å². The van der Waals surface area contributed by atoms with Gasteiger partial charge in [0.15, 0.2) is 5.78 Å². The Morgan fingerprint density at radius 3 is 2.46 bits per heavy atom. The monoisotopic (exact) mass is 412 g/mol. The van der Waals surface area contributed by atoms with Crippen molar-refractivity contribution < 1.29 is 18.0 Å². The molecule has 0 unspecified atom stereocenters. The first-order valence-corrected chi connectivity index (χ1v) is 10.6. The number of halogens is 1. The zero-order chi connectivity index (χ0) is 18.9. The van der Waals surface area contributed by atoms with Crippen molar-refractivity contribution in [1.82, 2.24) is 4.31 Å². The smallest absolute Gasteiger partial charge is 0.253 e. The lowest BCUT2D eigenvalue weighted by Crippen LogP contribution is -2.42. The van der Waals surface area contributed by atoms with Gasteiger partial charge in [-0.25, -0.2) is 8.42 Å². The maximum absolute atomic E-state index is 12.8. The summed E-state index contributed by atoms with van der Waals surface area (Å²) in [6.45, 7) is 1.75. The highest BCUT2D eigenvalue weighted by molar-refractivity contribution is 7.91. The summed E-state index contributed by atoms with van der Waals surface area (Å²) >= 11 is 6.82. The average Bonchev–Trinajstić information content (AvgIpc) is 3.24. The molecule has 0 saturated carbocycles. The molecule has 0 spiro atoms. The number of amides is 1. The molecule has 1 fully saturated rings. The van der Waals surface area contributed by atoms with Crippen molar-refractivity contribution in [2.75, 3.05) is 11.9 Å². The fourth-order valence-electron chi connectivity index (χ4n) is 2.86. The number of anilines is 1. The van der Waals surface area contributed by atoms with Gasteiger partial charge in [-0.2, -0.15) is 4.31 Å². The Labute approximate surface area is 160 Å².